The van der Waals surface area contributed by atoms with Gasteiger partial charge in [0.2, 0.25) is 0 Å². The van der Waals surface area contributed by atoms with Crippen LogP contribution in [-0.4, -0.2) is 6.21 Å². The number of fused-ring (bicyclic) bond motifs is 1. The van der Waals surface area contributed by atoms with Crippen LogP contribution in [0.2, 0.25) is 0 Å². The first-order valence-corrected chi connectivity index (χ1v) is 3.93. The lowest BCUT2D eigenvalue weighted by Crippen LogP contribution is -2.08. The van der Waals surface area contributed by atoms with Crippen LogP contribution in [0.25, 0.3) is 0 Å². The van der Waals surface area contributed by atoms with E-state index in [2.05, 4.69) is 17.1 Å². The Labute approximate surface area is 71.5 Å². The summed E-state index contributed by atoms with van der Waals surface area (Å²) in [5, 5.41) is 0. The lowest BCUT2D eigenvalue weighted by atomic mass is 9.98. The lowest BCUT2D eigenvalue weighted by molar-refractivity contribution is 0.974. The molecule has 0 bridgehead atoms. The summed E-state index contributed by atoms with van der Waals surface area (Å²) in [6.45, 7) is 0. The van der Waals surface area contributed by atoms with E-state index in [1.54, 1.807) is 0 Å². The number of nitrogens with zero attached hydrogens (tertiary/aromatic N) is 1. The molecule has 0 aromatic rings. The van der Waals surface area contributed by atoms with Crippen LogP contribution in [0.5, 0.6) is 0 Å². The normalized spacial score (nSPS) is 25.8. The van der Waals surface area contributed by atoms with Gasteiger partial charge in [0.15, 0.2) is 0 Å². The average Bonchev–Trinajstić information content (AvgIpc) is 2.28. The number of hydrogen-bond acceptors (Lipinski definition) is 2. The molecule has 0 saturated heterocycles. The topological polar surface area (TPSA) is 38.4 Å². The summed E-state index contributed by atoms with van der Waals surface area (Å²) in [5.41, 5.74) is 6.76. The smallest absolute Gasteiger partial charge is 0.120 e. The highest BCUT2D eigenvalue weighted by atomic mass is 14.9. The van der Waals surface area contributed by atoms with Gasteiger partial charge in [-0.1, -0.05) is 30.4 Å². The van der Waals surface area contributed by atoms with Gasteiger partial charge in [-0.3, -0.25) is 0 Å². The Kier molecular flexibility index (Phi) is 1.67. The number of aliphatic imine (C=N–C) groups is 1. The lowest BCUT2D eigenvalue weighted by Gasteiger charge is -2.12. The Bertz CT molecular complexity index is 330. The van der Waals surface area contributed by atoms with Gasteiger partial charge in [0, 0.05) is 12.1 Å². The summed E-state index contributed by atoms with van der Waals surface area (Å²) in [6.07, 6.45) is 14.0. The highest BCUT2D eigenvalue weighted by Gasteiger charge is 2.11. The van der Waals surface area contributed by atoms with Crippen LogP contribution in [0.4, 0.5) is 0 Å². The number of rotatable bonds is 0. The standard InChI is InChI=1S/C10H10N2/c11-10-6-8-4-2-1-3-5-9(8)7-12-10/h1-8H,11H2. The highest BCUT2D eigenvalue weighted by molar-refractivity contribution is 5.83. The van der Waals surface area contributed by atoms with Crippen LogP contribution in [0.1, 0.15) is 0 Å². The molecule has 0 aromatic heterocycles. The molecule has 1 aliphatic carbocycles. The molecule has 0 fully saturated rings. The molecule has 1 unspecified atom stereocenters. The predicted octanol–water partition coefficient (Wildman–Crippen LogP) is 1.54. The maximum absolute atomic E-state index is 5.57. The van der Waals surface area contributed by atoms with Crippen molar-refractivity contribution in [1.82, 2.24) is 0 Å². The molecule has 2 rings (SSSR count). The highest BCUT2D eigenvalue weighted by Crippen LogP contribution is 2.20. The van der Waals surface area contributed by atoms with E-state index in [-0.39, 0.29) is 0 Å². The van der Waals surface area contributed by atoms with Gasteiger partial charge in [-0.05, 0) is 11.6 Å². The van der Waals surface area contributed by atoms with Crippen molar-refractivity contribution in [2.75, 3.05) is 0 Å². The van der Waals surface area contributed by atoms with E-state index < -0.39 is 0 Å². The van der Waals surface area contributed by atoms with E-state index in [1.165, 1.54) is 5.57 Å². The fourth-order valence-electron chi connectivity index (χ4n) is 1.29. The van der Waals surface area contributed by atoms with Crippen LogP contribution in [-0.2, 0) is 0 Å². The van der Waals surface area contributed by atoms with Crippen molar-refractivity contribution in [3.8, 4) is 0 Å². The molecular formula is C10H10N2. The minimum absolute atomic E-state index is 0.303. The molecule has 2 heteroatoms. The second-order valence-electron chi connectivity index (χ2n) is 2.81. The molecule has 0 saturated carbocycles. The average molecular weight is 158 g/mol. The molecule has 0 aromatic carbocycles. The molecule has 12 heavy (non-hydrogen) atoms. The van der Waals surface area contributed by atoms with Crippen molar-refractivity contribution in [3.05, 3.63) is 47.9 Å². The third-order valence-corrected chi connectivity index (χ3v) is 1.93. The van der Waals surface area contributed by atoms with Gasteiger partial charge >= 0.3 is 0 Å². The fraction of sp³-hybridized carbons (Fsp3) is 0.100. The quantitative estimate of drug-likeness (QED) is 0.570. The van der Waals surface area contributed by atoms with Gasteiger partial charge in [0.05, 0.1) is 0 Å². The Morgan fingerprint density at radius 1 is 1.25 bits per heavy atom. The van der Waals surface area contributed by atoms with Gasteiger partial charge in [-0.25, -0.2) is 4.99 Å². The summed E-state index contributed by atoms with van der Waals surface area (Å²) >= 11 is 0. The minimum atomic E-state index is 0.303. The van der Waals surface area contributed by atoms with E-state index in [4.69, 9.17) is 5.73 Å². The van der Waals surface area contributed by atoms with E-state index in [0.29, 0.717) is 11.7 Å². The van der Waals surface area contributed by atoms with Crippen LogP contribution in [0.15, 0.2) is 52.8 Å². The van der Waals surface area contributed by atoms with Crippen molar-refractivity contribution >= 4 is 6.21 Å². The van der Waals surface area contributed by atoms with Gasteiger partial charge in [0.1, 0.15) is 5.82 Å². The van der Waals surface area contributed by atoms with Crippen molar-refractivity contribution < 1.29 is 0 Å². The zero-order valence-electron chi connectivity index (χ0n) is 6.64. The van der Waals surface area contributed by atoms with Crippen molar-refractivity contribution in [3.63, 3.8) is 0 Å². The largest absolute Gasteiger partial charge is 0.384 e. The first kappa shape index (κ1) is 7.10. The third-order valence-electron chi connectivity index (χ3n) is 1.93. The molecule has 2 N–H and O–H groups in total. The SMILES string of the molecule is NC1=CC2C=CC=CC=C2C=N1. The van der Waals surface area contributed by atoms with Gasteiger partial charge < -0.3 is 5.73 Å². The molecule has 1 atom stereocenters. The fourth-order valence-corrected chi connectivity index (χ4v) is 1.29. The Morgan fingerprint density at radius 3 is 3.08 bits per heavy atom. The number of nitrogens with two attached hydrogens (primary N) is 1. The predicted molar refractivity (Wildman–Crippen MR) is 50.6 cm³/mol. The molecule has 0 spiro atoms. The molecular weight excluding hydrogens is 148 g/mol. The van der Waals surface area contributed by atoms with E-state index >= 15 is 0 Å². The van der Waals surface area contributed by atoms with E-state index in [9.17, 15) is 0 Å². The van der Waals surface area contributed by atoms with Crippen LogP contribution in [0, 0.1) is 5.92 Å². The monoisotopic (exact) mass is 158 g/mol. The number of hydrogen-bond donors (Lipinski definition) is 1. The second-order valence-corrected chi connectivity index (χ2v) is 2.81. The Hall–Kier alpha value is -1.57. The maximum atomic E-state index is 5.57. The van der Waals surface area contributed by atoms with Crippen LogP contribution >= 0.6 is 0 Å². The van der Waals surface area contributed by atoms with E-state index in [0.717, 1.165) is 0 Å². The maximum Gasteiger partial charge on any atom is 0.120 e. The molecule has 2 aliphatic rings. The second kappa shape index (κ2) is 2.81. The van der Waals surface area contributed by atoms with Crippen molar-refractivity contribution in [2.24, 2.45) is 16.6 Å². The first-order valence-electron chi connectivity index (χ1n) is 3.93. The summed E-state index contributed by atoms with van der Waals surface area (Å²) in [7, 11) is 0. The molecule has 60 valence electrons. The molecule has 1 aliphatic heterocycles. The molecule has 2 nitrogen and oxygen atoms in total. The molecule has 1 heterocycles. The van der Waals surface area contributed by atoms with Gasteiger partial charge in [-0.15, -0.1) is 0 Å². The minimum Gasteiger partial charge on any atom is -0.384 e. The zero-order chi connectivity index (χ0) is 8.39. The molecule has 0 radical (unpaired) electrons. The Morgan fingerprint density at radius 2 is 2.17 bits per heavy atom. The van der Waals surface area contributed by atoms with Crippen molar-refractivity contribution in [2.45, 2.75) is 0 Å². The van der Waals surface area contributed by atoms with Crippen molar-refractivity contribution in [1.29, 1.82) is 0 Å². The van der Waals surface area contributed by atoms with Crippen LogP contribution in [0.3, 0.4) is 0 Å². The van der Waals surface area contributed by atoms with Crippen LogP contribution < -0.4 is 5.73 Å². The third kappa shape index (κ3) is 1.23. The summed E-state index contributed by atoms with van der Waals surface area (Å²) in [4.78, 5) is 4.03. The zero-order valence-corrected chi connectivity index (χ0v) is 6.64. The summed E-state index contributed by atoms with van der Waals surface area (Å²) < 4.78 is 0. The van der Waals surface area contributed by atoms with E-state index in [1.807, 2.05) is 30.5 Å². The Balaban J connectivity index is 2.39. The summed E-state index contributed by atoms with van der Waals surface area (Å²) in [6, 6.07) is 0. The first-order chi connectivity index (χ1) is 5.86. The molecule has 0 amide bonds. The van der Waals surface area contributed by atoms with Gasteiger partial charge in [-0.2, -0.15) is 0 Å². The summed E-state index contributed by atoms with van der Waals surface area (Å²) in [5.74, 6) is 0.904. The van der Waals surface area contributed by atoms with Gasteiger partial charge in [0.25, 0.3) is 0 Å². The number of allylic oxidation sites excluding steroid dienone is 7.